The number of hydrogen-bond acceptors (Lipinski definition) is 5. The summed E-state index contributed by atoms with van der Waals surface area (Å²) >= 11 is 0. The van der Waals surface area contributed by atoms with E-state index in [0.29, 0.717) is 42.5 Å². The van der Waals surface area contributed by atoms with Crippen molar-refractivity contribution in [3.63, 3.8) is 0 Å². The van der Waals surface area contributed by atoms with E-state index in [2.05, 4.69) is 11.4 Å². The molecule has 0 saturated carbocycles. The highest BCUT2D eigenvalue weighted by Crippen LogP contribution is 2.32. The quantitative estimate of drug-likeness (QED) is 0.761. The number of nitrogens with one attached hydrogen (secondary N) is 2. The van der Waals surface area contributed by atoms with Crippen molar-refractivity contribution in [3.05, 3.63) is 17.7 Å². The number of morpholine rings is 1. The van der Waals surface area contributed by atoms with Crippen molar-refractivity contribution in [1.82, 2.24) is 0 Å². The highest BCUT2D eigenvalue weighted by molar-refractivity contribution is 5.93. The lowest BCUT2D eigenvalue weighted by Gasteiger charge is -2.23. The van der Waals surface area contributed by atoms with Crippen LogP contribution in [0.3, 0.4) is 0 Å². The number of benzene rings is 1. The van der Waals surface area contributed by atoms with Crippen molar-refractivity contribution in [1.29, 1.82) is 5.26 Å². The van der Waals surface area contributed by atoms with Gasteiger partial charge in [0.05, 0.1) is 38.7 Å². The Morgan fingerprint density at radius 3 is 2.55 bits per heavy atom. The van der Waals surface area contributed by atoms with E-state index < -0.39 is 0 Å². The second-order valence-electron chi connectivity index (χ2n) is 4.95. The Balaban J connectivity index is 2.10. The van der Waals surface area contributed by atoms with Crippen molar-refractivity contribution < 1.29 is 23.9 Å². The van der Waals surface area contributed by atoms with E-state index in [4.69, 9.17) is 14.2 Å². The van der Waals surface area contributed by atoms with Gasteiger partial charge in [-0.15, -0.1) is 0 Å². The summed E-state index contributed by atoms with van der Waals surface area (Å²) in [5, 5.41) is 12.0. The number of nitrogens with zero attached hydrogens (tertiary/aromatic N) is 1. The van der Waals surface area contributed by atoms with Crippen LogP contribution in [0.2, 0.25) is 0 Å². The van der Waals surface area contributed by atoms with Crippen molar-refractivity contribution in [3.8, 4) is 17.6 Å². The number of carbonyl (C=O) groups excluding carboxylic acids is 1. The standard InChI is InChI=1S/C15H19N3O4/c1-20-13-7-11(9-16)12(8-14(13)21-2)17-15(19)10-18-3-5-22-6-4-18/h7-8H,3-6,10H2,1-2H3,(H,17,19)/p+1. The van der Waals surface area contributed by atoms with Gasteiger partial charge in [-0.05, 0) is 0 Å². The smallest absolute Gasteiger partial charge is 0.279 e. The fraction of sp³-hybridized carbons (Fsp3) is 0.467. The maximum Gasteiger partial charge on any atom is 0.279 e. The molecule has 0 aliphatic carbocycles. The first kappa shape index (κ1) is 16.1. The molecular weight excluding hydrogens is 286 g/mol. The highest BCUT2D eigenvalue weighted by atomic mass is 16.5. The van der Waals surface area contributed by atoms with Gasteiger partial charge in [0.15, 0.2) is 18.0 Å². The molecule has 1 aromatic rings. The topological polar surface area (TPSA) is 85.0 Å². The maximum absolute atomic E-state index is 12.1. The van der Waals surface area contributed by atoms with Gasteiger partial charge in [0, 0.05) is 12.1 Å². The zero-order valence-electron chi connectivity index (χ0n) is 12.8. The number of anilines is 1. The van der Waals surface area contributed by atoms with Crippen molar-refractivity contribution in [2.45, 2.75) is 0 Å². The highest BCUT2D eigenvalue weighted by Gasteiger charge is 2.19. The summed E-state index contributed by atoms with van der Waals surface area (Å²) in [5.41, 5.74) is 0.765. The molecule has 2 N–H and O–H groups in total. The fourth-order valence-corrected chi connectivity index (χ4v) is 2.33. The molecule has 0 bridgehead atoms. The number of nitriles is 1. The Bertz CT molecular complexity index is 577. The van der Waals surface area contributed by atoms with Crippen LogP contribution in [-0.2, 0) is 9.53 Å². The van der Waals surface area contributed by atoms with Crippen LogP contribution in [-0.4, -0.2) is 53.0 Å². The summed E-state index contributed by atoms with van der Waals surface area (Å²) in [7, 11) is 3.01. The average Bonchev–Trinajstić information content (AvgIpc) is 2.55. The zero-order valence-corrected chi connectivity index (χ0v) is 12.8. The molecule has 118 valence electrons. The molecular formula is C15H20N3O4+. The first-order valence-electron chi connectivity index (χ1n) is 7.05. The molecule has 1 fully saturated rings. The molecule has 1 aliphatic heterocycles. The van der Waals surface area contributed by atoms with Crippen LogP contribution < -0.4 is 19.7 Å². The molecule has 22 heavy (non-hydrogen) atoms. The second-order valence-corrected chi connectivity index (χ2v) is 4.95. The predicted octanol–water partition coefficient (Wildman–Crippen LogP) is -0.571. The molecule has 0 unspecified atom stereocenters. The van der Waals surface area contributed by atoms with Gasteiger partial charge in [0.1, 0.15) is 19.2 Å². The minimum absolute atomic E-state index is 0.138. The lowest BCUT2D eigenvalue weighted by atomic mass is 10.1. The Hall–Kier alpha value is -2.30. The van der Waals surface area contributed by atoms with E-state index in [1.165, 1.54) is 19.1 Å². The van der Waals surface area contributed by atoms with Crippen LogP contribution in [0, 0.1) is 11.3 Å². The van der Waals surface area contributed by atoms with E-state index in [1.54, 1.807) is 12.1 Å². The number of methoxy groups -OCH3 is 2. The molecule has 1 aliphatic rings. The molecule has 1 amide bonds. The van der Waals surface area contributed by atoms with Crippen LogP contribution in [0.1, 0.15) is 5.56 Å². The van der Waals surface area contributed by atoms with E-state index in [9.17, 15) is 10.1 Å². The predicted molar refractivity (Wildman–Crippen MR) is 79.3 cm³/mol. The third kappa shape index (κ3) is 3.87. The maximum atomic E-state index is 12.1. The summed E-state index contributed by atoms with van der Waals surface area (Å²) < 4.78 is 15.6. The molecule has 1 heterocycles. The Kier molecular flexibility index (Phi) is 5.58. The Morgan fingerprint density at radius 2 is 1.95 bits per heavy atom. The molecule has 0 atom stereocenters. The number of ether oxygens (including phenoxy) is 3. The van der Waals surface area contributed by atoms with Gasteiger partial charge in [-0.3, -0.25) is 4.79 Å². The zero-order chi connectivity index (χ0) is 15.9. The summed E-state index contributed by atoms with van der Waals surface area (Å²) in [6, 6.07) is 5.21. The van der Waals surface area contributed by atoms with Gasteiger partial charge in [-0.1, -0.05) is 0 Å². The first-order chi connectivity index (χ1) is 10.7. The van der Waals surface area contributed by atoms with Gasteiger partial charge >= 0.3 is 0 Å². The minimum atomic E-state index is -0.138. The number of rotatable bonds is 5. The molecule has 1 saturated heterocycles. The van der Waals surface area contributed by atoms with E-state index in [-0.39, 0.29) is 5.91 Å². The van der Waals surface area contributed by atoms with Gasteiger partial charge in [-0.2, -0.15) is 5.26 Å². The average molecular weight is 306 g/mol. The second kappa shape index (κ2) is 7.64. The van der Waals surface area contributed by atoms with Crippen molar-refractivity contribution in [2.75, 3.05) is 52.4 Å². The van der Waals surface area contributed by atoms with Gasteiger partial charge in [-0.25, -0.2) is 0 Å². The number of carbonyl (C=O) groups is 1. The number of amides is 1. The van der Waals surface area contributed by atoms with Crippen LogP contribution >= 0.6 is 0 Å². The van der Waals surface area contributed by atoms with Gasteiger partial charge in [0.2, 0.25) is 0 Å². The summed E-state index contributed by atoms with van der Waals surface area (Å²) in [6.07, 6.45) is 0. The number of quaternary nitrogens is 1. The van der Waals surface area contributed by atoms with Crippen molar-refractivity contribution in [2.24, 2.45) is 0 Å². The van der Waals surface area contributed by atoms with Gasteiger partial charge in [0.25, 0.3) is 5.91 Å². The third-order valence-corrected chi connectivity index (χ3v) is 3.53. The summed E-state index contributed by atoms with van der Waals surface area (Å²) in [6.45, 7) is 3.31. The minimum Gasteiger partial charge on any atom is -0.493 e. The monoisotopic (exact) mass is 306 g/mol. The molecule has 7 nitrogen and oxygen atoms in total. The molecule has 1 aromatic carbocycles. The molecule has 0 aromatic heterocycles. The first-order valence-corrected chi connectivity index (χ1v) is 7.05. The van der Waals surface area contributed by atoms with Crippen LogP contribution in [0.5, 0.6) is 11.5 Å². The summed E-state index contributed by atoms with van der Waals surface area (Å²) in [4.78, 5) is 13.3. The Labute approximate surface area is 129 Å². The van der Waals surface area contributed by atoms with E-state index >= 15 is 0 Å². The third-order valence-electron chi connectivity index (χ3n) is 3.53. The largest absolute Gasteiger partial charge is 0.493 e. The summed E-state index contributed by atoms with van der Waals surface area (Å²) in [5.74, 6) is 0.784. The van der Waals surface area contributed by atoms with Crippen LogP contribution in [0.25, 0.3) is 0 Å². The van der Waals surface area contributed by atoms with Crippen molar-refractivity contribution >= 4 is 11.6 Å². The van der Waals surface area contributed by atoms with Gasteiger partial charge < -0.3 is 24.4 Å². The lowest BCUT2D eigenvalue weighted by Crippen LogP contribution is -3.15. The molecule has 2 rings (SSSR count). The normalized spacial score (nSPS) is 15.0. The van der Waals surface area contributed by atoms with Crippen LogP contribution in [0.4, 0.5) is 5.69 Å². The van der Waals surface area contributed by atoms with Crippen LogP contribution in [0.15, 0.2) is 12.1 Å². The molecule has 0 spiro atoms. The van der Waals surface area contributed by atoms with E-state index in [0.717, 1.165) is 13.1 Å². The Morgan fingerprint density at radius 1 is 1.32 bits per heavy atom. The molecule has 7 heteroatoms. The lowest BCUT2D eigenvalue weighted by molar-refractivity contribution is -0.899. The SMILES string of the molecule is COc1cc(C#N)c(NC(=O)C[NH+]2CCOCC2)cc1OC. The number of hydrogen-bond donors (Lipinski definition) is 2. The van der Waals surface area contributed by atoms with E-state index in [1.807, 2.05) is 0 Å². The fourth-order valence-electron chi connectivity index (χ4n) is 2.33. The molecule has 0 radical (unpaired) electrons.